The smallest absolute Gasteiger partial charge is 0.122 e. The third kappa shape index (κ3) is 3.78. The number of nitrogens with two attached hydrogens (primary N) is 1. The van der Waals surface area contributed by atoms with Gasteiger partial charge in [0.25, 0.3) is 0 Å². The van der Waals surface area contributed by atoms with Crippen LogP contribution in [0.15, 0.2) is 30.5 Å². The topological polar surface area (TPSA) is 48.1 Å². The van der Waals surface area contributed by atoms with Crippen LogP contribution in [-0.4, -0.2) is 11.6 Å². The van der Waals surface area contributed by atoms with Crippen LogP contribution in [0.1, 0.15) is 35.2 Å². The van der Waals surface area contributed by atoms with E-state index in [1.165, 1.54) is 5.56 Å². The minimum atomic E-state index is 0.472. The van der Waals surface area contributed by atoms with Crippen LogP contribution in [0.3, 0.4) is 0 Å². The maximum absolute atomic E-state index is 5.88. The summed E-state index contributed by atoms with van der Waals surface area (Å²) in [5.41, 5.74) is 6.83. The zero-order valence-electron chi connectivity index (χ0n) is 11.4. The highest BCUT2D eigenvalue weighted by molar-refractivity contribution is 7.11. The van der Waals surface area contributed by atoms with E-state index < -0.39 is 0 Å². The molecule has 0 aliphatic heterocycles. The van der Waals surface area contributed by atoms with Crippen molar-refractivity contribution in [1.29, 1.82) is 0 Å². The molecule has 0 saturated carbocycles. The highest BCUT2D eigenvalue weighted by Crippen LogP contribution is 2.26. The fourth-order valence-corrected chi connectivity index (χ4v) is 2.68. The predicted octanol–water partition coefficient (Wildman–Crippen LogP) is 3.35. The number of thiazole rings is 1. The molecular weight excluding hydrogens is 256 g/mol. The minimum Gasteiger partial charge on any atom is -0.493 e. The molecule has 0 bridgehead atoms. The van der Waals surface area contributed by atoms with Gasteiger partial charge in [-0.05, 0) is 17.5 Å². The molecule has 0 spiro atoms. The van der Waals surface area contributed by atoms with E-state index in [-0.39, 0.29) is 0 Å². The van der Waals surface area contributed by atoms with Crippen molar-refractivity contribution in [3.63, 3.8) is 0 Å². The van der Waals surface area contributed by atoms with Gasteiger partial charge in [-0.1, -0.05) is 32.0 Å². The second kappa shape index (κ2) is 6.68. The molecule has 0 aliphatic carbocycles. The van der Waals surface area contributed by atoms with E-state index >= 15 is 0 Å². The first-order valence-electron chi connectivity index (χ1n) is 6.56. The van der Waals surface area contributed by atoms with Crippen molar-refractivity contribution in [3.8, 4) is 5.75 Å². The van der Waals surface area contributed by atoms with E-state index in [9.17, 15) is 0 Å². The number of benzene rings is 1. The summed E-state index contributed by atoms with van der Waals surface area (Å²) >= 11 is 1.66. The molecule has 0 fully saturated rings. The quantitative estimate of drug-likeness (QED) is 0.880. The Balaban J connectivity index is 1.92. The highest BCUT2D eigenvalue weighted by Gasteiger charge is 2.07. The lowest BCUT2D eigenvalue weighted by molar-refractivity contribution is 0.317. The van der Waals surface area contributed by atoms with Crippen molar-refractivity contribution >= 4 is 11.3 Å². The van der Waals surface area contributed by atoms with E-state index in [0.717, 1.165) is 22.1 Å². The molecule has 2 aromatic rings. The average Bonchev–Trinajstić information content (AvgIpc) is 2.87. The van der Waals surface area contributed by atoms with Gasteiger partial charge in [-0.25, -0.2) is 4.98 Å². The number of aromatic nitrogens is 1. The molecule has 102 valence electrons. The number of para-hydroxylation sites is 1. The highest BCUT2D eigenvalue weighted by atomic mass is 32.1. The van der Waals surface area contributed by atoms with E-state index in [1.54, 1.807) is 11.3 Å². The monoisotopic (exact) mass is 276 g/mol. The molecule has 0 radical (unpaired) electrons. The van der Waals surface area contributed by atoms with Gasteiger partial charge in [0.2, 0.25) is 0 Å². The largest absolute Gasteiger partial charge is 0.493 e. The van der Waals surface area contributed by atoms with E-state index in [4.69, 9.17) is 10.5 Å². The van der Waals surface area contributed by atoms with E-state index in [1.807, 2.05) is 18.3 Å². The Morgan fingerprint density at radius 3 is 2.79 bits per heavy atom. The van der Waals surface area contributed by atoms with E-state index in [0.29, 0.717) is 19.1 Å². The molecule has 1 heterocycles. The lowest BCUT2D eigenvalue weighted by Gasteiger charge is -2.13. The summed E-state index contributed by atoms with van der Waals surface area (Å²) in [7, 11) is 0. The van der Waals surface area contributed by atoms with Gasteiger partial charge in [0.05, 0.1) is 11.6 Å². The van der Waals surface area contributed by atoms with Crippen LogP contribution in [-0.2, 0) is 13.0 Å². The second-order valence-electron chi connectivity index (χ2n) is 4.72. The van der Waals surface area contributed by atoms with Crippen molar-refractivity contribution in [2.24, 2.45) is 5.73 Å². The summed E-state index contributed by atoms with van der Waals surface area (Å²) in [6.45, 7) is 5.57. The van der Waals surface area contributed by atoms with Crippen LogP contribution in [0, 0.1) is 0 Å². The van der Waals surface area contributed by atoms with Gasteiger partial charge in [0.15, 0.2) is 0 Å². The second-order valence-corrected chi connectivity index (χ2v) is 5.92. The van der Waals surface area contributed by atoms with Crippen LogP contribution in [0.2, 0.25) is 0 Å². The minimum absolute atomic E-state index is 0.472. The van der Waals surface area contributed by atoms with Crippen molar-refractivity contribution in [2.75, 3.05) is 6.61 Å². The van der Waals surface area contributed by atoms with Gasteiger partial charge < -0.3 is 10.5 Å². The third-order valence-electron chi connectivity index (χ3n) is 2.92. The normalized spacial score (nSPS) is 10.9. The van der Waals surface area contributed by atoms with Crippen molar-refractivity contribution in [1.82, 2.24) is 4.98 Å². The Bertz CT molecular complexity index is 522. The average molecular weight is 276 g/mol. The van der Waals surface area contributed by atoms with Crippen LogP contribution in [0.4, 0.5) is 0 Å². The fourth-order valence-electron chi connectivity index (χ4n) is 1.90. The zero-order chi connectivity index (χ0) is 13.7. The summed E-state index contributed by atoms with van der Waals surface area (Å²) in [5.74, 6) is 1.45. The van der Waals surface area contributed by atoms with Gasteiger partial charge in [-0.3, -0.25) is 0 Å². The molecule has 2 rings (SSSR count). The molecule has 4 heteroatoms. The molecule has 19 heavy (non-hydrogen) atoms. The zero-order valence-corrected chi connectivity index (χ0v) is 12.2. The summed E-state index contributed by atoms with van der Waals surface area (Å²) in [6, 6.07) is 8.21. The molecule has 2 N–H and O–H groups in total. The number of hydrogen-bond donors (Lipinski definition) is 1. The van der Waals surface area contributed by atoms with E-state index in [2.05, 4.69) is 31.0 Å². The van der Waals surface area contributed by atoms with Crippen LogP contribution in [0.25, 0.3) is 0 Å². The van der Waals surface area contributed by atoms with Gasteiger partial charge in [0, 0.05) is 24.0 Å². The predicted molar refractivity (Wildman–Crippen MR) is 79.7 cm³/mol. The molecule has 0 unspecified atom stereocenters. The maximum Gasteiger partial charge on any atom is 0.122 e. The number of hydrogen-bond acceptors (Lipinski definition) is 4. The molecule has 0 atom stereocenters. The number of nitrogens with zero attached hydrogens (tertiary/aromatic N) is 1. The first kappa shape index (κ1) is 14.0. The third-order valence-corrected chi connectivity index (χ3v) is 4.00. The molecule has 0 saturated heterocycles. The van der Waals surface area contributed by atoms with Crippen molar-refractivity contribution < 1.29 is 4.74 Å². The molecule has 3 nitrogen and oxygen atoms in total. The van der Waals surface area contributed by atoms with Crippen molar-refractivity contribution in [2.45, 2.75) is 32.7 Å². The Kier molecular flexibility index (Phi) is 4.93. The van der Waals surface area contributed by atoms with Crippen molar-refractivity contribution in [3.05, 3.63) is 45.9 Å². The van der Waals surface area contributed by atoms with Gasteiger partial charge >= 0.3 is 0 Å². The summed E-state index contributed by atoms with van der Waals surface area (Å²) in [4.78, 5) is 5.46. The lowest BCUT2D eigenvalue weighted by Crippen LogP contribution is -2.03. The van der Waals surface area contributed by atoms with Gasteiger partial charge in [-0.15, -0.1) is 11.3 Å². The Morgan fingerprint density at radius 2 is 2.11 bits per heavy atom. The molecule has 0 aliphatic rings. The first-order chi connectivity index (χ1) is 9.20. The molecular formula is C15H20N2OS. The van der Waals surface area contributed by atoms with Crippen LogP contribution < -0.4 is 10.5 Å². The van der Waals surface area contributed by atoms with Crippen LogP contribution >= 0.6 is 11.3 Å². The summed E-state index contributed by atoms with van der Waals surface area (Å²) in [6.07, 6.45) is 2.68. The lowest BCUT2D eigenvalue weighted by atomic mass is 10.0. The standard InChI is InChI=1S/C15H20N2OS/c1-11(2)13-5-3-4-6-14(13)18-8-7-15-17-10-12(9-16)19-15/h3-6,10-11H,7-9,16H2,1-2H3. The van der Waals surface area contributed by atoms with Gasteiger partial charge in [-0.2, -0.15) is 0 Å². The SMILES string of the molecule is CC(C)c1ccccc1OCCc1ncc(CN)s1. The maximum atomic E-state index is 5.88. The Hall–Kier alpha value is -1.39. The molecule has 1 aromatic heterocycles. The fraction of sp³-hybridized carbons (Fsp3) is 0.400. The Labute approximate surface area is 118 Å². The molecule has 0 amide bonds. The van der Waals surface area contributed by atoms with Crippen LogP contribution in [0.5, 0.6) is 5.75 Å². The summed E-state index contributed by atoms with van der Waals surface area (Å²) < 4.78 is 5.88. The molecule has 1 aromatic carbocycles. The Morgan fingerprint density at radius 1 is 1.32 bits per heavy atom. The summed E-state index contributed by atoms with van der Waals surface area (Å²) in [5, 5.41) is 1.09. The first-order valence-corrected chi connectivity index (χ1v) is 7.37. The number of ether oxygens (including phenoxy) is 1. The van der Waals surface area contributed by atoms with Gasteiger partial charge in [0.1, 0.15) is 5.75 Å². The number of rotatable bonds is 6.